The van der Waals surface area contributed by atoms with Crippen LogP contribution < -0.4 is 24.8 Å². The highest BCUT2D eigenvalue weighted by Gasteiger charge is 2.34. The van der Waals surface area contributed by atoms with Crippen molar-refractivity contribution in [2.45, 2.75) is 25.7 Å². The summed E-state index contributed by atoms with van der Waals surface area (Å²) in [5, 5.41) is 1.01. The lowest BCUT2D eigenvalue weighted by atomic mass is 9.83. The molecule has 2 N–H and O–H groups in total. The number of carbonyl (C=O) groups excluding carboxylic acids is 1. The molecule has 3 aliphatic rings. The third-order valence-electron chi connectivity index (χ3n) is 8.51. The maximum atomic E-state index is 13.8. The van der Waals surface area contributed by atoms with Crippen LogP contribution in [0.4, 0.5) is 5.69 Å². The highest BCUT2D eigenvalue weighted by Crippen LogP contribution is 2.49. The Balaban J connectivity index is 1.42. The minimum atomic E-state index is 0.0910. The number of piperazine rings is 1. The molecule has 212 valence electrons. The number of aryl methyl sites for hydroxylation is 1. The molecule has 0 saturated carbocycles. The summed E-state index contributed by atoms with van der Waals surface area (Å²) in [6.07, 6.45) is 3.44. The lowest BCUT2D eigenvalue weighted by Crippen LogP contribution is -2.49. The normalized spacial score (nSPS) is 16.9. The SMILES string of the molecule is COc1cc2nc3c(c4c2c(c1OC)N(C(=O)CN1CCN(C)CC1)CC4)CCc1cc(OCCCN)ccc1-3. The predicted octanol–water partition coefficient (Wildman–Crippen LogP) is 2.88. The molecule has 0 radical (unpaired) electrons. The number of anilines is 1. The molecule has 3 aromatic rings. The van der Waals surface area contributed by atoms with E-state index in [2.05, 4.69) is 29.0 Å². The second-order valence-electron chi connectivity index (χ2n) is 11.0. The number of rotatable bonds is 8. The molecule has 0 unspecified atom stereocenters. The van der Waals surface area contributed by atoms with Crippen LogP contribution in [0.1, 0.15) is 23.1 Å². The number of hydrogen-bond donors (Lipinski definition) is 1. The van der Waals surface area contributed by atoms with Gasteiger partial charge in [-0.3, -0.25) is 9.69 Å². The van der Waals surface area contributed by atoms with Gasteiger partial charge in [-0.2, -0.15) is 0 Å². The number of nitrogens with zero attached hydrogens (tertiary/aromatic N) is 4. The number of amides is 1. The van der Waals surface area contributed by atoms with E-state index in [4.69, 9.17) is 24.9 Å². The van der Waals surface area contributed by atoms with Gasteiger partial charge < -0.3 is 29.7 Å². The van der Waals surface area contributed by atoms with Crippen molar-refractivity contribution in [2.75, 3.05) is 78.6 Å². The van der Waals surface area contributed by atoms with Crippen molar-refractivity contribution in [3.8, 4) is 28.5 Å². The van der Waals surface area contributed by atoms with Gasteiger partial charge in [0.15, 0.2) is 11.5 Å². The number of ether oxygens (including phenoxy) is 3. The van der Waals surface area contributed by atoms with E-state index in [1.54, 1.807) is 14.2 Å². The number of likely N-dealkylation sites (N-methyl/N-ethyl adjacent to an activating group) is 1. The fourth-order valence-electron chi connectivity index (χ4n) is 6.35. The highest BCUT2D eigenvalue weighted by atomic mass is 16.5. The maximum absolute atomic E-state index is 13.8. The van der Waals surface area contributed by atoms with E-state index in [9.17, 15) is 4.79 Å². The van der Waals surface area contributed by atoms with Gasteiger partial charge >= 0.3 is 0 Å². The van der Waals surface area contributed by atoms with Gasteiger partial charge in [-0.15, -0.1) is 0 Å². The molecule has 9 heteroatoms. The molecule has 40 heavy (non-hydrogen) atoms. The molecule has 1 aromatic heterocycles. The molecule has 1 aliphatic carbocycles. The minimum absolute atomic E-state index is 0.0910. The Morgan fingerprint density at radius 3 is 2.58 bits per heavy atom. The first-order chi connectivity index (χ1) is 19.5. The van der Waals surface area contributed by atoms with E-state index >= 15 is 0 Å². The number of benzene rings is 2. The number of fused-ring (bicyclic) bond motifs is 4. The van der Waals surface area contributed by atoms with Gasteiger partial charge in [0.2, 0.25) is 5.91 Å². The van der Waals surface area contributed by atoms with Crippen LogP contribution in [0.25, 0.3) is 22.2 Å². The van der Waals surface area contributed by atoms with E-state index < -0.39 is 0 Å². The van der Waals surface area contributed by atoms with Gasteiger partial charge in [0.05, 0.1) is 44.3 Å². The zero-order chi connectivity index (χ0) is 27.8. The zero-order valence-corrected chi connectivity index (χ0v) is 23.8. The van der Waals surface area contributed by atoms with Gasteiger partial charge in [0, 0.05) is 49.7 Å². The lowest BCUT2D eigenvalue weighted by molar-refractivity contribution is -0.120. The average molecular weight is 546 g/mol. The van der Waals surface area contributed by atoms with Crippen molar-refractivity contribution in [1.29, 1.82) is 0 Å². The lowest BCUT2D eigenvalue weighted by Gasteiger charge is -2.36. The number of hydrogen-bond acceptors (Lipinski definition) is 8. The standard InChI is InChI=1S/C31H39N5O4/c1-34-12-14-35(15-13-34)19-27(37)36-11-9-23-24-7-5-20-17-21(40-16-4-10-32)6-8-22(20)29(24)33-25-18-26(38-2)31(39-3)30(36)28(23)25/h6,8,17-18H,4-5,7,9-16,19,32H2,1-3H3. The van der Waals surface area contributed by atoms with Gasteiger partial charge in [-0.05, 0) is 74.2 Å². The molecular formula is C31H39N5O4. The number of nitrogens with two attached hydrogens (primary N) is 1. The van der Waals surface area contributed by atoms with E-state index in [-0.39, 0.29) is 5.91 Å². The summed E-state index contributed by atoms with van der Waals surface area (Å²) < 4.78 is 17.6. The van der Waals surface area contributed by atoms with Crippen LogP contribution in [-0.4, -0.2) is 94.4 Å². The van der Waals surface area contributed by atoms with Crippen LogP contribution in [-0.2, 0) is 24.1 Å². The summed E-state index contributed by atoms with van der Waals surface area (Å²) in [5.41, 5.74) is 13.2. The van der Waals surface area contributed by atoms with Crippen LogP contribution in [0.3, 0.4) is 0 Å². The fraction of sp³-hybridized carbons (Fsp3) is 0.484. The Kier molecular flexibility index (Phi) is 7.53. The molecule has 0 spiro atoms. The molecule has 1 saturated heterocycles. The smallest absolute Gasteiger partial charge is 0.241 e. The quantitative estimate of drug-likeness (QED) is 0.432. The fourth-order valence-corrected chi connectivity index (χ4v) is 6.35. The first-order valence-electron chi connectivity index (χ1n) is 14.3. The van der Waals surface area contributed by atoms with E-state index in [1.165, 1.54) is 16.7 Å². The molecular weight excluding hydrogens is 506 g/mol. The minimum Gasteiger partial charge on any atom is -0.494 e. The van der Waals surface area contributed by atoms with Crippen molar-refractivity contribution < 1.29 is 19.0 Å². The van der Waals surface area contributed by atoms with E-state index in [1.807, 2.05) is 17.0 Å². The van der Waals surface area contributed by atoms with Crippen LogP contribution in [0.5, 0.6) is 17.2 Å². The molecule has 6 rings (SSSR count). The Labute approximate surface area is 235 Å². The third-order valence-corrected chi connectivity index (χ3v) is 8.51. The van der Waals surface area contributed by atoms with Crippen molar-refractivity contribution in [3.05, 3.63) is 41.0 Å². The third kappa shape index (κ3) is 4.76. The Morgan fingerprint density at radius 2 is 1.82 bits per heavy atom. The molecule has 2 aliphatic heterocycles. The van der Waals surface area contributed by atoms with E-state index in [0.717, 1.165) is 85.5 Å². The summed E-state index contributed by atoms with van der Waals surface area (Å²) in [5.74, 6) is 2.15. The highest BCUT2D eigenvalue weighted by molar-refractivity contribution is 6.10. The van der Waals surface area contributed by atoms with E-state index in [0.29, 0.717) is 37.7 Å². The van der Waals surface area contributed by atoms with Gasteiger partial charge in [-0.1, -0.05) is 0 Å². The predicted molar refractivity (Wildman–Crippen MR) is 157 cm³/mol. The Hall–Kier alpha value is -3.40. The van der Waals surface area contributed by atoms with Crippen LogP contribution >= 0.6 is 0 Å². The molecule has 0 atom stereocenters. The summed E-state index contributed by atoms with van der Waals surface area (Å²) in [6.45, 7) is 5.98. The molecule has 9 nitrogen and oxygen atoms in total. The first-order valence-corrected chi connectivity index (χ1v) is 14.3. The number of pyridine rings is 1. The number of methoxy groups -OCH3 is 2. The maximum Gasteiger partial charge on any atom is 0.241 e. The van der Waals surface area contributed by atoms with Crippen molar-refractivity contribution in [3.63, 3.8) is 0 Å². The van der Waals surface area contributed by atoms with Gasteiger partial charge in [0.1, 0.15) is 5.75 Å². The molecule has 3 heterocycles. The van der Waals surface area contributed by atoms with Crippen LogP contribution in [0, 0.1) is 0 Å². The Bertz CT molecular complexity index is 1430. The molecule has 0 bridgehead atoms. The summed E-state index contributed by atoms with van der Waals surface area (Å²) >= 11 is 0. The second kappa shape index (κ2) is 11.2. The number of aromatic nitrogens is 1. The number of carbonyl (C=O) groups is 1. The van der Waals surface area contributed by atoms with Crippen LogP contribution in [0.15, 0.2) is 24.3 Å². The van der Waals surface area contributed by atoms with Gasteiger partial charge in [-0.25, -0.2) is 4.98 Å². The summed E-state index contributed by atoms with van der Waals surface area (Å²) in [6, 6.07) is 8.26. The zero-order valence-electron chi connectivity index (χ0n) is 23.8. The van der Waals surface area contributed by atoms with Crippen molar-refractivity contribution in [1.82, 2.24) is 14.8 Å². The van der Waals surface area contributed by atoms with Crippen LogP contribution in [0.2, 0.25) is 0 Å². The second-order valence-corrected chi connectivity index (χ2v) is 11.0. The Morgan fingerprint density at radius 1 is 1.00 bits per heavy atom. The largest absolute Gasteiger partial charge is 0.494 e. The summed E-state index contributed by atoms with van der Waals surface area (Å²) in [4.78, 5) is 25.5. The first kappa shape index (κ1) is 26.8. The van der Waals surface area contributed by atoms with Gasteiger partial charge in [0.25, 0.3) is 0 Å². The average Bonchev–Trinajstić information content (AvgIpc) is 2.98. The molecule has 1 amide bonds. The van der Waals surface area contributed by atoms with Crippen molar-refractivity contribution in [2.24, 2.45) is 5.73 Å². The summed E-state index contributed by atoms with van der Waals surface area (Å²) in [7, 11) is 5.41. The molecule has 2 aromatic carbocycles. The topological polar surface area (TPSA) is 93.4 Å². The molecule has 1 fully saturated rings. The van der Waals surface area contributed by atoms with Crippen molar-refractivity contribution >= 4 is 22.5 Å². The monoisotopic (exact) mass is 545 g/mol.